The molecule has 1 amide bonds. The number of rotatable bonds is 5. The first-order chi connectivity index (χ1) is 10.9. The molecular weight excluding hydrogens is 340 g/mol. The fourth-order valence-corrected chi connectivity index (χ4v) is 3.85. The van der Waals surface area contributed by atoms with Crippen LogP contribution in [0.3, 0.4) is 0 Å². The number of aliphatic hydroxyl groups excluding tert-OH is 1. The minimum Gasteiger partial charge on any atom is -0.394 e. The van der Waals surface area contributed by atoms with Gasteiger partial charge >= 0.3 is 0 Å². The van der Waals surface area contributed by atoms with Crippen molar-refractivity contribution in [3.63, 3.8) is 0 Å². The van der Waals surface area contributed by atoms with E-state index in [0.717, 1.165) is 25.7 Å². The number of amides is 1. The van der Waals surface area contributed by atoms with Crippen LogP contribution in [0.25, 0.3) is 0 Å². The second-order valence-corrected chi connectivity index (χ2v) is 7.70. The highest BCUT2D eigenvalue weighted by Crippen LogP contribution is 2.15. The second-order valence-electron chi connectivity index (χ2n) is 5.55. The summed E-state index contributed by atoms with van der Waals surface area (Å²) in [6, 6.07) is 4.46. The Balaban J connectivity index is 2.11. The van der Waals surface area contributed by atoms with Crippen LogP contribution in [0.5, 0.6) is 0 Å². The summed E-state index contributed by atoms with van der Waals surface area (Å²) in [6.07, 6.45) is 3.91. The maximum atomic E-state index is 12.5. The lowest BCUT2D eigenvalue weighted by Gasteiger charge is -2.25. The molecule has 1 aliphatic heterocycles. The number of likely N-dealkylation sites (tertiary alicyclic amines) is 1. The lowest BCUT2D eigenvalue weighted by atomic mass is 10.2. The molecular formula is C15H21ClN2O4S. The molecule has 0 aromatic heterocycles. The Hall–Kier alpha value is -1.15. The number of hydrogen-bond acceptors (Lipinski definition) is 4. The number of carbonyl (C=O) groups excluding carboxylic acids is 1. The van der Waals surface area contributed by atoms with Gasteiger partial charge in [-0.05, 0) is 37.1 Å². The molecule has 1 saturated heterocycles. The maximum absolute atomic E-state index is 12.5. The number of nitrogens with zero attached hydrogens (tertiary/aromatic N) is 1. The van der Waals surface area contributed by atoms with Crippen molar-refractivity contribution in [1.29, 1.82) is 0 Å². The van der Waals surface area contributed by atoms with E-state index in [2.05, 4.69) is 4.72 Å². The summed E-state index contributed by atoms with van der Waals surface area (Å²) >= 11 is 5.75. The van der Waals surface area contributed by atoms with E-state index < -0.39 is 22.7 Å². The van der Waals surface area contributed by atoms with Crippen molar-refractivity contribution in [3.05, 3.63) is 29.3 Å². The van der Waals surface area contributed by atoms with Gasteiger partial charge in [-0.25, -0.2) is 8.42 Å². The van der Waals surface area contributed by atoms with Gasteiger partial charge in [0, 0.05) is 18.1 Å². The van der Waals surface area contributed by atoms with Gasteiger partial charge in [-0.2, -0.15) is 4.72 Å². The van der Waals surface area contributed by atoms with Gasteiger partial charge in [0.05, 0.1) is 11.5 Å². The largest absolute Gasteiger partial charge is 0.394 e. The zero-order valence-corrected chi connectivity index (χ0v) is 14.3. The van der Waals surface area contributed by atoms with Crippen LogP contribution in [0.1, 0.15) is 25.7 Å². The van der Waals surface area contributed by atoms with Gasteiger partial charge in [-0.3, -0.25) is 4.79 Å². The molecule has 1 unspecified atom stereocenters. The summed E-state index contributed by atoms with van der Waals surface area (Å²) in [6.45, 7) is 0.609. The van der Waals surface area contributed by atoms with Crippen molar-refractivity contribution in [3.8, 4) is 0 Å². The molecule has 0 spiro atoms. The van der Waals surface area contributed by atoms with E-state index in [1.807, 2.05) is 0 Å². The monoisotopic (exact) mass is 360 g/mol. The second kappa shape index (κ2) is 8.10. The topological polar surface area (TPSA) is 86.7 Å². The Labute approximate surface area is 141 Å². The van der Waals surface area contributed by atoms with Crippen LogP contribution in [0.15, 0.2) is 29.2 Å². The number of sulfonamides is 1. The molecule has 0 aliphatic carbocycles. The molecule has 2 N–H and O–H groups in total. The normalized spacial score (nSPS) is 17.6. The molecule has 0 saturated carbocycles. The zero-order valence-electron chi connectivity index (χ0n) is 12.7. The molecule has 1 aliphatic rings. The molecule has 6 nitrogen and oxygen atoms in total. The third-order valence-electron chi connectivity index (χ3n) is 3.82. The number of benzene rings is 1. The minimum atomic E-state index is -3.90. The molecule has 0 bridgehead atoms. The number of halogens is 1. The molecule has 1 heterocycles. The minimum absolute atomic E-state index is 0.00372. The SMILES string of the molecule is O=C(C(CO)NS(=O)(=O)c1ccc(Cl)cc1)N1CCCCCC1. The fraction of sp³-hybridized carbons (Fsp3) is 0.533. The van der Waals surface area contributed by atoms with Crippen LogP contribution >= 0.6 is 11.6 Å². The van der Waals surface area contributed by atoms with Crippen molar-refractivity contribution in [2.24, 2.45) is 0 Å². The smallest absolute Gasteiger partial charge is 0.243 e. The summed E-state index contributed by atoms with van der Waals surface area (Å²) < 4.78 is 26.9. The Morgan fingerprint density at radius 1 is 1.17 bits per heavy atom. The summed E-state index contributed by atoms with van der Waals surface area (Å²) in [5.41, 5.74) is 0. The molecule has 1 atom stereocenters. The molecule has 1 fully saturated rings. The quantitative estimate of drug-likeness (QED) is 0.830. The Bertz CT molecular complexity index is 625. The first-order valence-electron chi connectivity index (χ1n) is 7.61. The van der Waals surface area contributed by atoms with Crippen molar-refractivity contribution >= 4 is 27.5 Å². The molecule has 2 rings (SSSR count). The van der Waals surface area contributed by atoms with Crippen LogP contribution in [0, 0.1) is 0 Å². The van der Waals surface area contributed by atoms with Crippen molar-refractivity contribution < 1.29 is 18.3 Å². The molecule has 1 aromatic rings. The van der Waals surface area contributed by atoms with Gasteiger partial charge in [0.1, 0.15) is 6.04 Å². The van der Waals surface area contributed by atoms with E-state index in [9.17, 15) is 18.3 Å². The third-order valence-corrected chi connectivity index (χ3v) is 5.56. The van der Waals surface area contributed by atoms with Crippen LogP contribution < -0.4 is 4.72 Å². The number of nitrogens with one attached hydrogen (secondary N) is 1. The Kier molecular flexibility index (Phi) is 6.41. The molecule has 1 aromatic carbocycles. The molecule has 0 radical (unpaired) electrons. The standard InChI is InChI=1S/C15H21ClN2O4S/c16-12-5-7-13(8-6-12)23(21,22)17-14(11-19)15(20)18-9-3-1-2-4-10-18/h5-8,14,17,19H,1-4,9-11H2. The summed E-state index contributed by atoms with van der Waals surface area (Å²) in [7, 11) is -3.90. The number of carbonyl (C=O) groups is 1. The molecule has 128 valence electrons. The highest BCUT2D eigenvalue weighted by Gasteiger charge is 2.29. The zero-order chi connectivity index (χ0) is 16.9. The summed E-state index contributed by atoms with van der Waals surface area (Å²) in [5, 5.41) is 9.88. The molecule has 23 heavy (non-hydrogen) atoms. The number of aliphatic hydroxyl groups is 1. The fourth-order valence-electron chi connectivity index (χ4n) is 2.55. The predicted octanol–water partition coefficient (Wildman–Crippen LogP) is 1.38. The van der Waals surface area contributed by atoms with E-state index in [1.54, 1.807) is 4.90 Å². The Morgan fingerprint density at radius 2 is 1.74 bits per heavy atom. The van der Waals surface area contributed by atoms with Crippen LogP contribution in [-0.4, -0.2) is 50.1 Å². The predicted molar refractivity (Wildman–Crippen MR) is 87.7 cm³/mol. The lowest BCUT2D eigenvalue weighted by Crippen LogP contribution is -2.50. The van der Waals surface area contributed by atoms with Gasteiger partial charge < -0.3 is 10.0 Å². The van der Waals surface area contributed by atoms with Crippen LogP contribution in [-0.2, 0) is 14.8 Å². The highest BCUT2D eigenvalue weighted by atomic mass is 35.5. The molecule has 8 heteroatoms. The lowest BCUT2D eigenvalue weighted by molar-refractivity contribution is -0.133. The van der Waals surface area contributed by atoms with Gasteiger partial charge in [0.2, 0.25) is 15.9 Å². The van der Waals surface area contributed by atoms with E-state index in [-0.39, 0.29) is 10.8 Å². The third kappa shape index (κ3) is 4.91. The van der Waals surface area contributed by atoms with E-state index >= 15 is 0 Å². The Morgan fingerprint density at radius 3 is 2.26 bits per heavy atom. The average Bonchev–Trinajstić information content (AvgIpc) is 2.81. The van der Waals surface area contributed by atoms with E-state index in [0.29, 0.717) is 18.1 Å². The summed E-state index contributed by atoms with van der Waals surface area (Å²) in [4.78, 5) is 14.1. The van der Waals surface area contributed by atoms with E-state index in [1.165, 1.54) is 24.3 Å². The van der Waals surface area contributed by atoms with Crippen molar-refractivity contribution in [2.75, 3.05) is 19.7 Å². The van der Waals surface area contributed by atoms with Gasteiger partial charge in [-0.1, -0.05) is 24.4 Å². The first kappa shape index (κ1) is 18.2. The van der Waals surface area contributed by atoms with Gasteiger partial charge in [0.15, 0.2) is 0 Å². The highest BCUT2D eigenvalue weighted by molar-refractivity contribution is 7.89. The average molecular weight is 361 g/mol. The van der Waals surface area contributed by atoms with Gasteiger partial charge in [0.25, 0.3) is 0 Å². The first-order valence-corrected chi connectivity index (χ1v) is 9.48. The van der Waals surface area contributed by atoms with Crippen molar-refractivity contribution in [1.82, 2.24) is 9.62 Å². The maximum Gasteiger partial charge on any atom is 0.243 e. The summed E-state index contributed by atoms with van der Waals surface area (Å²) in [5.74, 6) is -0.382. The van der Waals surface area contributed by atoms with Crippen molar-refractivity contribution in [2.45, 2.75) is 36.6 Å². The van der Waals surface area contributed by atoms with E-state index in [4.69, 9.17) is 11.6 Å². The number of hydrogen-bond donors (Lipinski definition) is 2. The van der Waals surface area contributed by atoms with Crippen LogP contribution in [0.4, 0.5) is 0 Å². The van der Waals surface area contributed by atoms with Gasteiger partial charge in [-0.15, -0.1) is 0 Å². The van der Waals surface area contributed by atoms with Crippen LogP contribution in [0.2, 0.25) is 5.02 Å².